The van der Waals surface area contributed by atoms with Gasteiger partial charge in [0, 0.05) is 18.5 Å². The first-order valence-electron chi connectivity index (χ1n) is 8.79. The first kappa shape index (κ1) is 17.7. The number of esters is 1. The fraction of sp³-hybridized carbons (Fsp3) is 0.0870. The number of hydrogen-bond donors (Lipinski definition) is 0. The zero-order valence-corrected chi connectivity index (χ0v) is 15.4. The van der Waals surface area contributed by atoms with Gasteiger partial charge in [0.1, 0.15) is 11.5 Å². The Morgan fingerprint density at radius 3 is 2.64 bits per heavy atom. The third-order valence-electron chi connectivity index (χ3n) is 4.50. The van der Waals surface area contributed by atoms with Crippen LogP contribution in [-0.4, -0.2) is 16.7 Å². The van der Waals surface area contributed by atoms with Crippen LogP contribution < -0.4 is 9.47 Å². The molecule has 0 saturated carbocycles. The second kappa shape index (κ2) is 7.12. The highest BCUT2D eigenvalue weighted by Gasteiger charge is 2.30. The number of aryl methyl sites for hydroxylation is 2. The van der Waals surface area contributed by atoms with Crippen molar-refractivity contribution >= 4 is 17.8 Å². The Labute approximate surface area is 162 Å². The smallest absolute Gasteiger partial charge is 0.343 e. The molecule has 0 fully saturated rings. The molecule has 0 saturated heterocycles. The van der Waals surface area contributed by atoms with Gasteiger partial charge in [0.25, 0.3) is 0 Å². The Morgan fingerprint density at radius 1 is 1.07 bits per heavy atom. The summed E-state index contributed by atoms with van der Waals surface area (Å²) in [6.07, 6.45) is 4.95. The minimum absolute atomic E-state index is 0.201. The van der Waals surface area contributed by atoms with Gasteiger partial charge >= 0.3 is 5.97 Å². The third-order valence-corrected chi connectivity index (χ3v) is 4.50. The predicted octanol–water partition coefficient (Wildman–Crippen LogP) is 4.53. The first-order valence-corrected chi connectivity index (χ1v) is 8.79. The number of aromatic nitrogens is 1. The maximum absolute atomic E-state index is 12.7. The van der Waals surface area contributed by atoms with Crippen LogP contribution in [0.4, 0.5) is 0 Å². The number of hydrogen-bond acceptors (Lipinski definition) is 5. The Kier molecular flexibility index (Phi) is 4.49. The number of benzene rings is 2. The molecule has 5 nitrogen and oxygen atoms in total. The molecule has 3 aromatic rings. The average molecular weight is 371 g/mol. The summed E-state index contributed by atoms with van der Waals surface area (Å²) < 4.78 is 11.3. The number of rotatable bonds is 3. The van der Waals surface area contributed by atoms with Crippen molar-refractivity contribution in [3.05, 3.63) is 94.5 Å². The number of ketones is 1. The summed E-state index contributed by atoms with van der Waals surface area (Å²) in [6.45, 7) is 3.64. The van der Waals surface area contributed by atoms with Crippen LogP contribution >= 0.6 is 0 Å². The van der Waals surface area contributed by atoms with Gasteiger partial charge in [-0.25, -0.2) is 4.79 Å². The molecular formula is C23H17NO4. The Hall–Kier alpha value is -3.73. The van der Waals surface area contributed by atoms with Gasteiger partial charge in [-0.15, -0.1) is 0 Å². The molecule has 0 N–H and O–H groups in total. The molecule has 5 heteroatoms. The van der Waals surface area contributed by atoms with Crippen molar-refractivity contribution in [1.82, 2.24) is 4.98 Å². The summed E-state index contributed by atoms with van der Waals surface area (Å²) in [4.78, 5) is 29.2. The molecule has 138 valence electrons. The molecule has 1 aromatic heterocycles. The van der Waals surface area contributed by atoms with E-state index in [9.17, 15) is 9.59 Å². The van der Waals surface area contributed by atoms with E-state index in [-0.39, 0.29) is 11.5 Å². The number of carbonyl (C=O) groups is 2. The lowest BCUT2D eigenvalue weighted by atomic mass is 10.0. The Morgan fingerprint density at radius 2 is 1.89 bits per heavy atom. The molecule has 4 rings (SSSR count). The van der Waals surface area contributed by atoms with Crippen molar-refractivity contribution in [2.24, 2.45) is 0 Å². The predicted molar refractivity (Wildman–Crippen MR) is 104 cm³/mol. The van der Waals surface area contributed by atoms with E-state index in [0.717, 1.165) is 11.1 Å². The quantitative estimate of drug-likeness (QED) is 0.384. The summed E-state index contributed by atoms with van der Waals surface area (Å²) in [6, 6.07) is 14.1. The van der Waals surface area contributed by atoms with Crippen LogP contribution in [0.3, 0.4) is 0 Å². The van der Waals surface area contributed by atoms with E-state index in [1.807, 2.05) is 25.1 Å². The maximum Gasteiger partial charge on any atom is 0.343 e. The Bertz CT molecular complexity index is 1120. The Balaban J connectivity index is 1.63. The first-order chi connectivity index (χ1) is 13.5. The normalized spacial score (nSPS) is 13.9. The number of ether oxygens (including phenoxy) is 2. The van der Waals surface area contributed by atoms with Crippen LogP contribution in [0.15, 0.2) is 66.7 Å². The van der Waals surface area contributed by atoms with E-state index in [1.54, 1.807) is 55.7 Å². The monoisotopic (exact) mass is 371 g/mol. The highest BCUT2D eigenvalue weighted by molar-refractivity contribution is 6.15. The topological polar surface area (TPSA) is 65.5 Å². The van der Waals surface area contributed by atoms with Crippen molar-refractivity contribution in [2.45, 2.75) is 13.8 Å². The van der Waals surface area contributed by atoms with Gasteiger partial charge in [-0.1, -0.05) is 24.3 Å². The molecule has 2 heterocycles. The summed E-state index contributed by atoms with van der Waals surface area (Å²) in [5.41, 5.74) is 3.26. The number of nitrogens with zero attached hydrogens (tertiary/aromatic N) is 1. The van der Waals surface area contributed by atoms with Crippen LogP contribution in [-0.2, 0) is 0 Å². The van der Waals surface area contributed by atoms with Crippen LogP contribution in [0.5, 0.6) is 11.5 Å². The lowest BCUT2D eigenvalue weighted by molar-refractivity contribution is 0.0733. The van der Waals surface area contributed by atoms with Crippen LogP contribution in [0, 0.1) is 13.8 Å². The fourth-order valence-electron chi connectivity index (χ4n) is 3.11. The van der Waals surface area contributed by atoms with Crippen LogP contribution in [0.25, 0.3) is 6.08 Å². The van der Waals surface area contributed by atoms with Gasteiger partial charge in [-0.2, -0.15) is 0 Å². The fourth-order valence-corrected chi connectivity index (χ4v) is 3.11. The summed E-state index contributed by atoms with van der Waals surface area (Å²) >= 11 is 0. The highest BCUT2D eigenvalue weighted by Crippen LogP contribution is 2.37. The van der Waals surface area contributed by atoms with Crippen LogP contribution in [0.1, 0.15) is 37.4 Å². The van der Waals surface area contributed by atoms with Gasteiger partial charge in [0.05, 0.1) is 11.1 Å². The van der Waals surface area contributed by atoms with Crippen molar-refractivity contribution in [3.63, 3.8) is 0 Å². The van der Waals surface area contributed by atoms with Gasteiger partial charge in [-0.3, -0.25) is 9.78 Å². The molecular weight excluding hydrogens is 354 g/mol. The number of pyridine rings is 1. The van der Waals surface area contributed by atoms with Gasteiger partial charge in [-0.05, 0) is 54.8 Å². The molecule has 0 aliphatic carbocycles. The van der Waals surface area contributed by atoms with E-state index >= 15 is 0 Å². The minimum atomic E-state index is -0.451. The van der Waals surface area contributed by atoms with Crippen molar-refractivity contribution < 1.29 is 19.1 Å². The molecule has 0 atom stereocenters. The summed E-state index contributed by atoms with van der Waals surface area (Å²) in [5.74, 6) is 0.280. The molecule has 0 radical (unpaired) electrons. The molecule has 1 aliphatic heterocycles. The molecule has 0 amide bonds. The average Bonchev–Trinajstić information content (AvgIpc) is 2.98. The van der Waals surface area contributed by atoms with E-state index < -0.39 is 5.97 Å². The second-order valence-electron chi connectivity index (χ2n) is 6.54. The van der Waals surface area contributed by atoms with Gasteiger partial charge in [0.15, 0.2) is 5.76 Å². The molecule has 28 heavy (non-hydrogen) atoms. The number of Topliss-reactive ketones (excluding diaryl/α,β-unsaturated/α-hetero) is 1. The maximum atomic E-state index is 12.7. The minimum Gasteiger partial charge on any atom is -0.452 e. The van der Waals surface area contributed by atoms with Gasteiger partial charge < -0.3 is 9.47 Å². The SMILES string of the molecule is Cc1ccccc1C(=O)Oc1cc(C)c2c(c1)O/C(=C\c1cccnc1)C2=O. The van der Waals surface area contributed by atoms with E-state index in [0.29, 0.717) is 28.2 Å². The highest BCUT2D eigenvalue weighted by atomic mass is 16.5. The number of carbonyl (C=O) groups excluding carboxylic acids is 2. The van der Waals surface area contributed by atoms with E-state index in [1.165, 1.54) is 0 Å². The standard InChI is InChI=1S/C23H17NO4/c1-14-6-3-4-8-18(14)23(26)27-17-10-15(2)21-19(12-17)28-20(22(21)25)11-16-7-5-9-24-13-16/h3-13H,1-2H3/b20-11-. The second-order valence-corrected chi connectivity index (χ2v) is 6.54. The summed E-state index contributed by atoms with van der Waals surface area (Å²) in [5, 5.41) is 0. The van der Waals surface area contributed by atoms with Gasteiger partial charge in [0.2, 0.25) is 5.78 Å². The van der Waals surface area contributed by atoms with Crippen LogP contribution in [0.2, 0.25) is 0 Å². The van der Waals surface area contributed by atoms with Crippen molar-refractivity contribution in [1.29, 1.82) is 0 Å². The molecule has 0 spiro atoms. The molecule has 0 unspecified atom stereocenters. The number of fused-ring (bicyclic) bond motifs is 1. The zero-order valence-electron chi connectivity index (χ0n) is 15.4. The lowest BCUT2D eigenvalue weighted by Crippen LogP contribution is -2.10. The molecule has 0 bridgehead atoms. The molecule has 2 aromatic carbocycles. The van der Waals surface area contributed by atoms with E-state index in [2.05, 4.69) is 4.98 Å². The lowest BCUT2D eigenvalue weighted by Gasteiger charge is -2.09. The largest absolute Gasteiger partial charge is 0.452 e. The third kappa shape index (κ3) is 3.30. The number of allylic oxidation sites excluding steroid dienone is 1. The summed E-state index contributed by atoms with van der Waals surface area (Å²) in [7, 11) is 0. The molecule has 1 aliphatic rings. The zero-order chi connectivity index (χ0) is 19.7. The van der Waals surface area contributed by atoms with Crippen molar-refractivity contribution in [3.8, 4) is 11.5 Å². The van der Waals surface area contributed by atoms with Crippen molar-refractivity contribution in [2.75, 3.05) is 0 Å². The van der Waals surface area contributed by atoms with E-state index in [4.69, 9.17) is 9.47 Å².